The van der Waals surface area contributed by atoms with E-state index in [2.05, 4.69) is 5.10 Å². The molecule has 1 aromatic heterocycles. The average molecular weight is 310 g/mol. The molecule has 2 aromatic carbocycles. The summed E-state index contributed by atoms with van der Waals surface area (Å²) in [5.41, 5.74) is 2.32. The van der Waals surface area contributed by atoms with Gasteiger partial charge in [0.2, 0.25) is 0 Å². The standard InChI is InChI=1S/C17H14N2O4/c1-10-4-2-3-5-13(10)19-14(6-7-18-19)11-8-12(17(22)23)16(21)9-15(11)20/h2-9,20-21H,1H3,(H,22,23). The van der Waals surface area contributed by atoms with Crippen molar-refractivity contribution in [3.05, 3.63) is 59.8 Å². The van der Waals surface area contributed by atoms with E-state index in [1.165, 1.54) is 6.07 Å². The van der Waals surface area contributed by atoms with E-state index in [9.17, 15) is 15.0 Å². The number of carbonyl (C=O) groups is 1. The van der Waals surface area contributed by atoms with Crippen molar-refractivity contribution < 1.29 is 20.1 Å². The van der Waals surface area contributed by atoms with E-state index in [1.54, 1.807) is 16.9 Å². The Morgan fingerprint density at radius 3 is 2.52 bits per heavy atom. The average Bonchev–Trinajstić information content (AvgIpc) is 2.96. The number of phenolic OH excluding ortho intramolecular Hbond substituents is 1. The molecule has 116 valence electrons. The zero-order valence-electron chi connectivity index (χ0n) is 12.3. The topological polar surface area (TPSA) is 95.6 Å². The van der Waals surface area contributed by atoms with Crippen LogP contribution in [0.25, 0.3) is 16.9 Å². The van der Waals surface area contributed by atoms with Crippen LogP contribution in [-0.4, -0.2) is 31.1 Å². The molecule has 0 amide bonds. The summed E-state index contributed by atoms with van der Waals surface area (Å²) in [5, 5.41) is 33.2. The van der Waals surface area contributed by atoms with Gasteiger partial charge in [-0.1, -0.05) is 18.2 Å². The fourth-order valence-corrected chi connectivity index (χ4v) is 2.45. The van der Waals surface area contributed by atoms with Crippen molar-refractivity contribution in [1.29, 1.82) is 0 Å². The van der Waals surface area contributed by atoms with Crippen molar-refractivity contribution in [3.8, 4) is 28.4 Å². The van der Waals surface area contributed by atoms with Crippen LogP contribution in [0.15, 0.2) is 48.7 Å². The Labute approximate surface area is 131 Å². The first-order valence-corrected chi connectivity index (χ1v) is 6.88. The highest BCUT2D eigenvalue weighted by Crippen LogP contribution is 2.36. The predicted molar refractivity (Wildman–Crippen MR) is 84.0 cm³/mol. The molecule has 0 fully saturated rings. The number of carboxylic acids is 1. The maximum absolute atomic E-state index is 11.2. The molecule has 0 bridgehead atoms. The molecule has 1 heterocycles. The SMILES string of the molecule is Cc1ccccc1-n1nccc1-c1cc(C(=O)O)c(O)cc1O. The highest BCUT2D eigenvalue weighted by atomic mass is 16.4. The maximum atomic E-state index is 11.2. The second-order valence-electron chi connectivity index (χ2n) is 5.11. The zero-order chi connectivity index (χ0) is 16.6. The van der Waals surface area contributed by atoms with Gasteiger partial charge >= 0.3 is 5.97 Å². The van der Waals surface area contributed by atoms with Gasteiger partial charge in [-0.05, 0) is 30.7 Å². The van der Waals surface area contributed by atoms with Gasteiger partial charge in [0.25, 0.3) is 0 Å². The van der Waals surface area contributed by atoms with Crippen molar-refractivity contribution >= 4 is 5.97 Å². The number of nitrogens with zero attached hydrogens (tertiary/aromatic N) is 2. The minimum absolute atomic E-state index is 0.220. The normalized spacial score (nSPS) is 10.7. The third-order valence-corrected chi connectivity index (χ3v) is 3.61. The summed E-state index contributed by atoms with van der Waals surface area (Å²) >= 11 is 0. The Bertz CT molecular complexity index is 899. The van der Waals surface area contributed by atoms with Gasteiger partial charge in [0.15, 0.2) is 0 Å². The van der Waals surface area contributed by atoms with E-state index in [0.717, 1.165) is 17.3 Å². The first kappa shape index (κ1) is 14.6. The highest BCUT2D eigenvalue weighted by Gasteiger charge is 2.18. The Kier molecular flexibility index (Phi) is 3.50. The van der Waals surface area contributed by atoms with Crippen LogP contribution in [0.3, 0.4) is 0 Å². The Morgan fingerprint density at radius 2 is 1.83 bits per heavy atom. The number of hydrogen-bond acceptors (Lipinski definition) is 4. The molecule has 23 heavy (non-hydrogen) atoms. The molecule has 0 saturated carbocycles. The summed E-state index contributed by atoms with van der Waals surface area (Å²) in [5.74, 6) is -1.98. The van der Waals surface area contributed by atoms with E-state index in [4.69, 9.17) is 5.11 Å². The number of aromatic carboxylic acids is 1. The van der Waals surface area contributed by atoms with Gasteiger partial charge < -0.3 is 15.3 Å². The fourth-order valence-electron chi connectivity index (χ4n) is 2.45. The number of benzene rings is 2. The molecule has 6 nitrogen and oxygen atoms in total. The zero-order valence-corrected chi connectivity index (χ0v) is 12.3. The van der Waals surface area contributed by atoms with Gasteiger partial charge in [-0.15, -0.1) is 0 Å². The molecule has 0 radical (unpaired) electrons. The number of para-hydroxylation sites is 1. The second kappa shape index (κ2) is 5.49. The third kappa shape index (κ3) is 2.50. The van der Waals surface area contributed by atoms with Crippen LogP contribution in [0.1, 0.15) is 15.9 Å². The highest BCUT2D eigenvalue weighted by molar-refractivity contribution is 5.93. The smallest absolute Gasteiger partial charge is 0.339 e. The molecule has 0 unspecified atom stereocenters. The van der Waals surface area contributed by atoms with Crippen molar-refractivity contribution in [2.24, 2.45) is 0 Å². The summed E-state index contributed by atoms with van der Waals surface area (Å²) in [4.78, 5) is 11.2. The third-order valence-electron chi connectivity index (χ3n) is 3.61. The maximum Gasteiger partial charge on any atom is 0.339 e. The second-order valence-corrected chi connectivity index (χ2v) is 5.11. The lowest BCUT2D eigenvalue weighted by atomic mass is 10.0. The van der Waals surface area contributed by atoms with Gasteiger partial charge in [-0.3, -0.25) is 0 Å². The van der Waals surface area contributed by atoms with Crippen LogP contribution in [0.5, 0.6) is 11.5 Å². The molecule has 3 rings (SSSR count). The minimum atomic E-state index is -1.27. The van der Waals surface area contributed by atoms with Crippen molar-refractivity contribution in [1.82, 2.24) is 9.78 Å². The quantitative estimate of drug-likeness (QED) is 0.691. The number of rotatable bonds is 3. The predicted octanol–water partition coefficient (Wildman–Crippen LogP) is 2.96. The largest absolute Gasteiger partial charge is 0.507 e. The summed E-state index contributed by atoms with van der Waals surface area (Å²) in [6, 6.07) is 11.5. The summed E-state index contributed by atoms with van der Waals surface area (Å²) in [7, 11) is 0. The number of aryl methyl sites for hydroxylation is 1. The van der Waals surface area contributed by atoms with Crippen LogP contribution in [0.4, 0.5) is 0 Å². The molecule has 0 spiro atoms. The van der Waals surface area contributed by atoms with E-state index < -0.39 is 11.7 Å². The molecule has 0 saturated heterocycles. The van der Waals surface area contributed by atoms with Crippen LogP contribution >= 0.6 is 0 Å². The monoisotopic (exact) mass is 310 g/mol. The van der Waals surface area contributed by atoms with Gasteiger partial charge in [0, 0.05) is 11.6 Å². The lowest BCUT2D eigenvalue weighted by Crippen LogP contribution is -2.03. The minimum Gasteiger partial charge on any atom is -0.507 e. The van der Waals surface area contributed by atoms with Gasteiger partial charge in [-0.2, -0.15) is 5.10 Å². The number of carboxylic acid groups (broad SMARTS) is 1. The lowest BCUT2D eigenvalue weighted by Gasteiger charge is -2.12. The van der Waals surface area contributed by atoms with Gasteiger partial charge in [0.1, 0.15) is 17.1 Å². The van der Waals surface area contributed by atoms with Crippen molar-refractivity contribution in [3.63, 3.8) is 0 Å². The summed E-state index contributed by atoms with van der Waals surface area (Å²) < 4.78 is 1.62. The fraction of sp³-hybridized carbons (Fsp3) is 0.0588. The summed E-state index contributed by atoms with van der Waals surface area (Å²) in [6.45, 7) is 1.93. The van der Waals surface area contributed by atoms with Crippen molar-refractivity contribution in [2.75, 3.05) is 0 Å². The molecule has 3 N–H and O–H groups in total. The van der Waals surface area contributed by atoms with Gasteiger partial charge in [-0.25, -0.2) is 9.48 Å². The van der Waals surface area contributed by atoms with E-state index in [-0.39, 0.29) is 16.9 Å². The Balaban J connectivity index is 2.22. The first-order chi connectivity index (χ1) is 11.0. The van der Waals surface area contributed by atoms with Crippen LogP contribution in [0, 0.1) is 6.92 Å². The lowest BCUT2D eigenvalue weighted by molar-refractivity contribution is 0.0694. The Morgan fingerprint density at radius 1 is 1.09 bits per heavy atom. The molecule has 0 aliphatic carbocycles. The number of aromatic hydroxyl groups is 2. The van der Waals surface area contributed by atoms with Crippen LogP contribution in [0.2, 0.25) is 0 Å². The number of phenols is 2. The van der Waals surface area contributed by atoms with E-state index in [0.29, 0.717) is 5.69 Å². The van der Waals surface area contributed by atoms with Crippen molar-refractivity contribution in [2.45, 2.75) is 6.92 Å². The molecule has 3 aromatic rings. The Hall–Kier alpha value is -3.28. The van der Waals surface area contributed by atoms with Crippen LogP contribution in [-0.2, 0) is 0 Å². The summed E-state index contributed by atoms with van der Waals surface area (Å²) in [6.07, 6.45) is 1.56. The molecule has 0 atom stereocenters. The van der Waals surface area contributed by atoms with E-state index >= 15 is 0 Å². The van der Waals surface area contributed by atoms with E-state index in [1.807, 2.05) is 31.2 Å². The van der Waals surface area contributed by atoms with Crippen LogP contribution < -0.4 is 0 Å². The number of aromatic nitrogens is 2. The molecule has 0 aliphatic rings. The molecular weight excluding hydrogens is 296 g/mol. The number of hydrogen-bond donors (Lipinski definition) is 3. The first-order valence-electron chi connectivity index (χ1n) is 6.88. The molecule has 0 aliphatic heterocycles. The van der Waals surface area contributed by atoms with Gasteiger partial charge in [0.05, 0.1) is 17.6 Å². The molecular formula is C17H14N2O4. The molecule has 6 heteroatoms.